The molecule has 0 amide bonds. The maximum absolute atomic E-state index is 14.4. The summed E-state index contributed by atoms with van der Waals surface area (Å²) in [6.07, 6.45) is -0.387. The molecule has 0 saturated heterocycles. The summed E-state index contributed by atoms with van der Waals surface area (Å²) in [7, 11) is 0. The van der Waals surface area contributed by atoms with Gasteiger partial charge in [0.15, 0.2) is 24.4 Å². The molecule has 0 aliphatic carbocycles. The Morgan fingerprint density at radius 1 is 1.26 bits per heavy atom. The fraction of sp³-hybridized carbons (Fsp3) is 0.150. The molecule has 1 aromatic heterocycles. The molecule has 2 aromatic carbocycles. The Morgan fingerprint density at radius 3 is 2.71 bits per heavy atom. The number of hydrogen-bond acceptors (Lipinski definition) is 10. The lowest BCUT2D eigenvalue weighted by atomic mass is 10.0. The molecule has 1 heterocycles. The summed E-state index contributed by atoms with van der Waals surface area (Å²) in [4.78, 5) is 14.7. The van der Waals surface area contributed by atoms with Gasteiger partial charge >= 0.3 is 5.97 Å². The van der Waals surface area contributed by atoms with Crippen molar-refractivity contribution < 1.29 is 23.0 Å². The van der Waals surface area contributed by atoms with E-state index in [0.29, 0.717) is 29.6 Å². The van der Waals surface area contributed by atoms with Gasteiger partial charge in [-0.05, 0) is 30.0 Å². The van der Waals surface area contributed by atoms with Crippen molar-refractivity contribution in [1.29, 1.82) is 10.5 Å². The lowest BCUT2D eigenvalue weighted by Crippen LogP contribution is -2.53. The topological polar surface area (TPSA) is 140 Å². The Morgan fingerprint density at radius 2 is 2.03 bits per heavy atom. The van der Waals surface area contributed by atoms with Crippen LogP contribution in [0, 0.1) is 33.0 Å². The molecule has 14 heteroatoms. The summed E-state index contributed by atoms with van der Waals surface area (Å²) in [6.45, 7) is -0.492. The summed E-state index contributed by atoms with van der Waals surface area (Å²) in [5.41, 5.74) is 6.49. The second-order valence-corrected chi connectivity index (χ2v) is 8.60. The molecule has 0 bridgehead atoms. The monoisotopic (exact) mass is 522 g/mol. The second-order valence-electron chi connectivity index (χ2n) is 6.38. The van der Waals surface area contributed by atoms with Crippen LogP contribution in [0.2, 0.25) is 5.02 Å². The van der Waals surface area contributed by atoms with E-state index in [0.717, 1.165) is 23.1 Å². The third-order valence-corrected chi connectivity index (χ3v) is 6.03. The zero-order valence-corrected chi connectivity index (χ0v) is 19.3. The van der Waals surface area contributed by atoms with Gasteiger partial charge in [-0.3, -0.25) is 0 Å². The number of carbonyl (C=O) groups excluding carboxylic acids is 1. The highest BCUT2D eigenvalue weighted by Gasteiger charge is 2.49. The number of aromatic nitrogens is 3. The number of halogens is 3. The van der Waals surface area contributed by atoms with Crippen LogP contribution < -0.4 is 10.5 Å². The van der Waals surface area contributed by atoms with Gasteiger partial charge < -0.3 is 15.2 Å². The fourth-order valence-corrected chi connectivity index (χ4v) is 3.94. The molecule has 0 aliphatic heterocycles. The number of hydrogen-bond donors (Lipinski definition) is 1. The zero-order chi connectivity index (χ0) is 24.7. The number of nitriles is 2. The summed E-state index contributed by atoms with van der Waals surface area (Å²) < 4.78 is 39.8. The first kappa shape index (κ1) is 25.3. The quantitative estimate of drug-likeness (QED) is 0.190. The highest BCUT2D eigenvalue weighted by molar-refractivity contribution is 8.05. The van der Waals surface area contributed by atoms with E-state index in [1.54, 1.807) is 17.5 Å². The molecule has 9 nitrogen and oxygen atoms in total. The first-order valence-electron chi connectivity index (χ1n) is 9.13. The zero-order valence-electron chi connectivity index (χ0n) is 16.9. The van der Waals surface area contributed by atoms with Crippen molar-refractivity contribution in [3.63, 3.8) is 0 Å². The van der Waals surface area contributed by atoms with Crippen molar-refractivity contribution in [2.24, 2.45) is 5.73 Å². The lowest BCUT2D eigenvalue weighted by Gasteiger charge is -2.33. The van der Waals surface area contributed by atoms with Crippen molar-refractivity contribution in [3.8, 4) is 16.6 Å². The molecule has 0 spiro atoms. The van der Waals surface area contributed by atoms with Crippen LogP contribution in [-0.2, 0) is 16.3 Å². The highest BCUT2D eigenvalue weighted by Crippen LogP contribution is 2.41. The van der Waals surface area contributed by atoms with Crippen LogP contribution in [0.4, 0.5) is 8.78 Å². The molecular weight excluding hydrogens is 510 g/mol. The molecule has 2 atom stereocenters. The predicted octanol–water partition coefficient (Wildman–Crippen LogP) is 3.97. The van der Waals surface area contributed by atoms with Crippen LogP contribution in [0.1, 0.15) is 11.7 Å². The largest absolute Gasteiger partial charge is 0.479 e. The molecule has 0 radical (unpaired) electrons. The number of esters is 1. The number of ether oxygens (including phenoxy) is 2. The van der Waals surface area contributed by atoms with Crippen LogP contribution >= 0.6 is 35.1 Å². The Kier molecular flexibility index (Phi) is 8.31. The summed E-state index contributed by atoms with van der Waals surface area (Å²) >= 11 is 7.28. The van der Waals surface area contributed by atoms with Crippen molar-refractivity contribution >= 4 is 41.1 Å². The van der Waals surface area contributed by atoms with Gasteiger partial charge in [0.05, 0.1) is 0 Å². The van der Waals surface area contributed by atoms with E-state index in [2.05, 4.69) is 10.1 Å². The van der Waals surface area contributed by atoms with Crippen LogP contribution in [0.25, 0.3) is 0 Å². The first-order chi connectivity index (χ1) is 16.3. The van der Waals surface area contributed by atoms with Crippen molar-refractivity contribution in [2.45, 2.75) is 22.9 Å². The third kappa shape index (κ3) is 5.58. The number of thioether (sulfide) groups is 2. The smallest absolute Gasteiger partial charge is 0.343 e. The number of nitrogens with two attached hydrogens (primary N) is 1. The van der Waals surface area contributed by atoms with Crippen LogP contribution in [0.5, 0.6) is 5.75 Å². The average molecular weight is 523 g/mol. The van der Waals surface area contributed by atoms with E-state index < -0.39 is 41.1 Å². The highest BCUT2D eigenvalue weighted by atomic mass is 35.5. The summed E-state index contributed by atoms with van der Waals surface area (Å²) in [5.74, 6) is -3.47. The van der Waals surface area contributed by atoms with E-state index in [9.17, 15) is 18.8 Å². The van der Waals surface area contributed by atoms with Gasteiger partial charge in [0, 0.05) is 28.4 Å². The SMILES string of the molecule is N#CSc1ncnn1COC(=O)[C@](N)(SC#N)[C@H](Oc1ccc(F)cc1F)c1ccccc1Cl. The third-order valence-electron chi connectivity index (χ3n) is 4.28. The predicted molar refractivity (Wildman–Crippen MR) is 119 cm³/mol. The average Bonchev–Trinajstić information content (AvgIpc) is 3.25. The molecular formula is C20H13ClF2N6O3S2. The normalized spacial score (nSPS) is 13.2. The van der Waals surface area contributed by atoms with E-state index in [-0.39, 0.29) is 15.7 Å². The van der Waals surface area contributed by atoms with E-state index in [4.69, 9.17) is 32.1 Å². The van der Waals surface area contributed by atoms with Crippen molar-refractivity contribution in [3.05, 3.63) is 71.0 Å². The van der Waals surface area contributed by atoms with Crippen LogP contribution in [-0.4, -0.2) is 25.6 Å². The van der Waals surface area contributed by atoms with Gasteiger partial charge in [-0.2, -0.15) is 15.6 Å². The number of nitrogens with zero attached hydrogens (tertiary/aromatic N) is 5. The molecule has 174 valence electrons. The molecule has 0 fully saturated rings. The Balaban J connectivity index is 1.99. The minimum atomic E-state index is -2.26. The standard InChI is InChI=1S/C20H13ClF2N6O3S2/c21-14-4-2-1-3-13(14)17(32-16-6-5-12(22)7-15(16)23)20(26,34-9-25)18(30)31-11-29-19(33-8-24)27-10-28-29/h1-7,10,17H,11,26H2/t17-,20-/m1/s1. The number of thiocyanates is 2. The maximum Gasteiger partial charge on any atom is 0.343 e. The lowest BCUT2D eigenvalue weighted by molar-refractivity contribution is -0.154. The second kappa shape index (κ2) is 11.2. The number of carbonyl (C=O) groups is 1. The van der Waals surface area contributed by atoms with Crippen LogP contribution in [0.15, 0.2) is 53.9 Å². The molecule has 34 heavy (non-hydrogen) atoms. The molecule has 0 aliphatic rings. The van der Waals surface area contributed by atoms with Gasteiger partial charge in [-0.25, -0.2) is 23.2 Å². The van der Waals surface area contributed by atoms with Crippen molar-refractivity contribution in [2.75, 3.05) is 0 Å². The van der Waals surface area contributed by atoms with Gasteiger partial charge in [0.25, 0.3) is 0 Å². The molecule has 3 rings (SSSR count). The molecule has 3 aromatic rings. The maximum atomic E-state index is 14.4. The summed E-state index contributed by atoms with van der Waals surface area (Å²) in [6, 6.07) is 8.69. The van der Waals surface area contributed by atoms with Gasteiger partial charge in [-0.1, -0.05) is 29.8 Å². The molecule has 0 unspecified atom stereocenters. The summed E-state index contributed by atoms with van der Waals surface area (Å²) in [5, 5.41) is 25.9. The minimum absolute atomic E-state index is 0.111. The van der Waals surface area contributed by atoms with Crippen molar-refractivity contribution in [1.82, 2.24) is 14.8 Å². The molecule has 0 saturated carbocycles. The Bertz CT molecular complexity index is 1280. The van der Waals surface area contributed by atoms with Crippen LogP contribution in [0.3, 0.4) is 0 Å². The fourth-order valence-electron chi connectivity index (χ4n) is 2.74. The molecule has 2 N–H and O–H groups in total. The Labute approximate surface area is 205 Å². The van der Waals surface area contributed by atoms with E-state index >= 15 is 0 Å². The van der Waals surface area contributed by atoms with E-state index in [1.807, 2.05) is 5.40 Å². The van der Waals surface area contributed by atoms with Gasteiger partial charge in [0.2, 0.25) is 10.0 Å². The Hall–Kier alpha value is -3.36. The first-order valence-corrected chi connectivity index (χ1v) is 11.1. The van der Waals surface area contributed by atoms with E-state index in [1.165, 1.54) is 12.1 Å². The number of benzene rings is 2. The number of rotatable bonds is 9. The van der Waals surface area contributed by atoms with Gasteiger partial charge in [-0.15, -0.1) is 0 Å². The minimum Gasteiger partial charge on any atom is -0.479 e. The van der Waals surface area contributed by atoms with Gasteiger partial charge in [0.1, 0.15) is 22.9 Å².